The molecule has 1 amide bonds. The summed E-state index contributed by atoms with van der Waals surface area (Å²) >= 11 is 5.48. The number of anilines is 1. The molecule has 0 aromatic heterocycles. The predicted octanol–water partition coefficient (Wildman–Crippen LogP) is 1.31. The summed E-state index contributed by atoms with van der Waals surface area (Å²) in [6, 6.07) is 6.97. The third-order valence-corrected chi connectivity index (χ3v) is 5.37. The van der Waals surface area contributed by atoms with E-state index in [9.17, 15) is 24.0 Å². The molecule has 13 heteroatoms. The SMILES string of the molecule is CC(=O)OC[C@H]1O[C@@H](NC(=S)N(C(C)=O)c2ccc(C)cc2)[C@H](OC(C)=O)[C@@H](OC(C)=O)[C@@H]1OC(C)=O. The van der Waals surface area contributed by atoms with Crippen LogP contribution in [0.25, 0.3) is 0 Å². The Bertz CT molecular complexity index is 1040. The number of nitrogens with one attached hydrogen (secondary N) is 1. The molecule has 1 heterocycles. The van der Waals surface area contributed by atoms with Gasteiger partial charge < -0.3 is 29.0 Å². The van der Waals surface area contributed by atoms with Gasteiger partial charge in [-0.15, -0.1) is 0 Å². The Balaban J connectivity index is 2.48. The first kappa shape index (κ1) is 29.6. The average Bonchev–Trinajstić information content (AvgIpc) is 2.76. The molecular weight excluding hydrogens is 508 g/mol. The van der Waals surface area contributed by atoms with Crippen molar-refractivity contribution in [1.29, 1.82) is 0 Å². The Morgan fingerprint density at radius 3 is 1.84 bits per heavy atom. The lowest BCUT2D eigenvalue weighted by molar-refractivity contribution is -0.254. The van der Waals surface area contributed by atoms with Crippen molar-refractivity contribution in [2.45, 2.75) is 72.2 Å². The van der Waals surface area contributed by atoms with Gasteiger partial charge in [0, 0.05) is 34.6 Å². The summed E-state index contributed by atoms with van der Waals surface area (Å²) in [6.45, 7) is 7.34. The van der Waals surface area contributed by atoms with Crippen LogP contribution in [0, 0.1) is 6.92 Å². The van der Waals surface area contributed by atoms with E-state index < -0.39 is 67.0 Å². The van der Waals surface area contributed by atoms with E-state index in [-0.39, 0.29) is 5.11 Å². The van der Waals surface area contributed by atoms with Crippen molar-refractivity contribution < 1.29 is 47.7 Å². The zero-order chi connectivity index (χ0) is 27.9. The van der Waals surface area contributed by atoms with Crippen molar-refractivity contribution in [2.75, 3.05) is 11.5 Å². The molecule has 0 bridgehead atoms. The van der Waals surface area contributed by atoms with Crippen LogP contribution in [-0.2, 0) is 47.7 Å². The number of thiocarbonyl (C=S) groups is 1. The van der Waals surface area contributed by atoms with Crippen LogP contribution in [0.4, 0.5) is 5.69 Å². The molecular formula is C24H30N2O10S. The number of nitrogens with zero attached hydrogens (tertiary/aromatic N) is 1. The van der Waals surface area contributed by atoms with Gasteiger partial charge in [0.2, 0.25) is 5.91 Å². The van der Waals surface area contributed by atoms with Crippen molar-refractivity contribution in [3.8, 4) is 0 Å². The normalized spacial score (nSPS) is 22.7. The van der Waals surface area contributed by atoms with Gasteiger partial charge in [-0.2, -0.15) is 0 Å². The highest BCUT2D eigenvalue weighted by atomic mass is 32.1. The summed E-state index contributed by atoms with van der Waals surface area (Å²) in [6.07, 6.45) is -6.51. The fraction of sp³-hybridized carbons (Fsp3) is 0.500. The van der Waals surface area contributed by atoms with E-state index in [0.717, 1.165) is 26.3 Å². The van der Waals surface area contributed by atoms with E-state index in [0.29, 0.717) is 5.69 Å². The smallest absolute Gasteiger partial charge is 0.303 e. The molecule has 0 unspecified atom stereocenters. The lowest BCUT2D eigenvalue weighted by atomic mass is 9.97. The van der Waals surface area contributed by atoms with Gasteiger partial charge in [-0.3, -0.25) is 28.9 Å². The van der Waals surface area contributed by atoms with Gasteiger partial charge in [0.15, 0.2) is 29.7 Å². The van der Waals surface area contributed by atoms with Gasteiger partial charge in [-0.05, 0) is 31.3 Å². The summed E-state index contributed by atoms with van der Waals surface area (Å²) < 4.78 is 27.2. The van der Waals surface area contributed by atoms with Crippen molar-refractivity contribution >= 4 is 52.8 Å². The number of hydrogen-bond acceptors (Lipinski definition) is 11. The molecule has 37 heavy (non-hydrogen) atoms. The van der Waals surface area contributed by atoms with Gasteiger partial charge in [-0.25, -0.2) is 0 Å². The van der Waals surface area contributed by atoms with E-state index in [2.05, 4.69) is 5.32 Å². The van der Waals surface area contributed by atoms with Crippen LogP contribution < -0.4 is 10.2 Å². The molecule has 1 aliphatic rings. The third kappa shape index (κ3) is 8.50. The number of aryl methyl sites for hydroxylation is 1. The van der Waals surface area contributed by atoms with Crippen LogP contribution in [0.5, 0.6) is 0 Å². The zero-order valence-electron chi connectivity index (χ0n) is 21.3. The minimum Gasteiger partial charge on any atom is -0.463 e. The van der Waals surface area contributed by atoms with E-state index in [1.165, 1.54) is 18.7 Å². The first-order chi connectivity index (χ1) is 17.3. The van der Waals surface area contributed by atoms with Crippen molar-refractivity contribution in [3.05, 3.63) is 29.8 Å². The zero-order valence-corrected chi connectivity index (χ0v) is 22.2. The highest BCUT2D eigenvalue weighted by molar-refractivity contribution is 7.80. The standard InChI is InChI=1S/C24H30N2O10S/c1-12-7-9-18(10-8-12)26(13(2)27)24(37)25-23-22(35-17(6)31)21(34-16(5)30)20(33-15(4)29)19(36-23)11-32-14(3)28/h7-10,19-23H,11H2,1-6H3,(H,25,37)/t19-,20-,21+,22-,23-/m1/s1. The molecule has 5 atom stereocenters. The second-order valence-electron chi connectivity index (χ2n) is 8.26. The minimum atomic E-state index is -1.37. The lowest BCUT2D eigenvalue weighted by Gasteiger charge is -2.45. The quantitative estimate of drug-likeness (QED) is 0.303. The summed E-state index contributed by atoms with van der Waals surface area (Å²) in [5, 5.41) is 2.71. The number of benzene rings is 1. The largest absolute Gasteiger partial charge is 0.463 e. The van der Waals surface area contributed by atoms with Crippen molar-refractivity contribution in [1.82, 2.24) is 5.32 Å². The highest BCUT2D eigenvalue weighted by Crippen LogP contribution is 2.29. The summed E-state index contributed by atoms with van der Waals surface area (Å²) in [5.41, 5.74) is 1.42. The molecule has 202 valence electrons. The molecule has 2 rings (SSSR count). The van der Waals surface area contributed by atoms with E-state index in [4.69, 9.17) is 35.9 Å². The number of carbonyl (C=O) groups excluding carboxylic acids is 5. The molecule has 1 saturated heterocycles. The Labute approximate surface area is 219 Å². The number of ether oxygens (including phenoxy) is 5. The second-order valence-corrected chi connectivity index (χ2v) is 8.65. The highest BCUT2D eigenvalue weighted by Gasteiger charge is 2.52. The van der Waals surface area contributed by atoms with Crippen LogP contribution in [0.1, 0.15) is 40.2 Å². The van der Waals surface area contributed by atoms with Crippen LogP contribution in [-0.4, -0.2) is 72.1 Å². The van der Waals surface area contributed by atoms with E-state index in [1.807, 2.05) is 6.92 Å². The molecule has 0 saturated carbocycles. The molecule has 12 nitrogen and oxygen atoms in total. The first-order valence-corrected chi connectivity index (χ1v) is 11.7. The van der Waals surface area contributed by atoms with Crippen LogP contribution in [0.3, 0.4) is 0 Å². The average molecular weight is 539 g/mol. The molecule has 0 spiro atoms. The Hall–Kier alpha value is -3.58. The summed E-state index contributed by atoms with van der Waals surface area (Å²) in [7, 11) is 0. The molecule has 1 aromatic carbocycles. The fourth-order valence-electron chi connectivity index (χ4n) is 3.67. The fourth-order valence-corrected chi connectivity index (χ4v) is 4.02. The lowest BCUT2D eigenvalue weighted by Crippen LogP contribution is -2.67. The van der Waals surface area contributed by atoms with Gasteiger partial charge in [0.25, 0.3) is 0 Å². The second kappa shape index (κ2) is 13.1. The Morgan fingerprint density at radius 2 is 1.35 bits per heavy atom. The van der Waals surface area contributed by atoms with Crippen LogP contribution >= 0.6 is 12.2 Å². The summed E-state index contributed by atoms with van der Waals surface area (Å²) in [4.78, 5) is 60.9. The summed E-state index contributed by atoms with van der Waals surface area (Å²) in [5.74, 6) is -3.33. The van der Waals surface area contributed by atoms with Gasteiger partial charge in [-0.1, -0.05) is 17.7 Å². The monoisotopic (exact) mass is 538 g/mol. The molecule has 1 aliphatic heterocycles. The number of carbonyl (C=O) groups is 5. The molecule has 1 N–H and O–H groups in total. The maximum Gasteiger partial charge on any atom is 0.303 e. The maximum atomic E-state index is 12.5. The van der Waals surface area contributed by atoms with Gasteiger partial charge in [0.1, 0.15) is 12.7 Å². The third-order valence-electron chi connectivity index (χ3n) is 5.07. The Kier molecular flexibility index (Phi) is 10.5. The number of amides is 1. The molecule has 0 radical (unpaired) electrons. The molecule has 1 aromatic rings. The number of esters is 4. The first-order valence-electron chi connectivity index (χ1n) is 11.3. The van der Waals surface area contributed by atoms with Crippen LogP contribution in [0.2, 0.25) is 0 Å². The topological polar surface area (TPSA) is 147 Å². The van der Waals surface area contributed by atoms with E-state index in [1.54, 1.807) is 24.3 Å². The van der Waals surface area contributed by atoms with Gasteiger partial charge in [0.05, 0.1) is 5.69 Å². The van der Waals surface area contributed by atoms with Crippen molar-refractivity contribution in [2.24, 2.45) is 0 Å². The van der Waals surface area contributed by atoms with Crippen molar-refractivity contribution in [3.63, 3.8) is 0 Å². The van der Waals surface area contributed by atoms with Crippen LogP contribution in [0.15, 0.2) is 24.3 Å². The minimum absolute atomic E-state index is 0.114. The van der Waals surface area contributed by atoms with Gasteiger partial charge >= 0.3 is 23.9 Å². The van der Waals surface area contributed by atoms with E-state index >= 15 is 0 Å². The molecule has 0 aliphatic carbocycles. The molecule has 1 fully saturated rings. The maximum absolute atomic E-state index is 12.5. The number of hydrogen-bond donors (Lipinski definition) is 1. The predicted molar refractivity (Wildman–Crippen MR) is 132 cm³/mol. The number of rotatable bonds is 7. The Morgan fingerprint density at radius 1 is 0.838 bits per heavy atom.